The van der Waals surface area contributed by atoms with Crippen LogP contribution in [0.4, 0.5) is 0 Å². The van der Waals surface area contributed by atoms with E-state index in [0.29, 0.717) is 0 Å². The number of aromatic nitrogens is 2. The van der Waals surface area contributed by atoms with Crippen molar-refractivity contribution in [2.24, 2.45) is 0 Å². The van der Waals surface area contributed by atoms with Crippen LogP contribution in [0.5, 0.6) is 0 Å². The van der Waals surface area contributed by atoms with Gasteiger partial charge < -0.3 is 28.7 Å². The molecule has 0 spiro atoms. The molecule has 0 aromatic carbocycles. The van der Waals surface area contributed by atoms with E-state index >= 15 is 0 Å². The third-order valence-corrected chi connectivity index (χ3v) is 3.71. The van der Waals surface area contributed by atoms with E-state index in [4.69, 9.17) is 28.7 Å². The van der Waals surface area contributed by atoms with Crippen molar-refractivity contribution in [2.75, 3.05) is 20.6 Å². The fraction of sp³-hybridized carbons (Fsp3) is 0.636. The lowest BCUT2D eigenvalue weighted by molar-refractivity contribution is -0.173. The topological polar surface area (TPSA) is 149 Å². The minimum absolute atomic E-state index is 0.573. The first-order valence-corrected chi connectivity index (χ1v) is 8.25. The predicted molar refractivity (Wildman–Crippen MR) is 74.8 cm³/mol. The van der Waals surface area contributed by atoms with Crippen molar-refractivity contribution in [3.63, 3.8) is 0 Å². The minimum atomic E-state index is -4.41. The summed E-state index contributed by atoms with van der Waals surface area (Å²) < 4.78 is 33.0. The van der Waals surface area contributed by atoms with Gasteiger partial charge >= 0.3 is 13.3 Å². The Morgan fingerprint density at radius 2 is 1.96 bits per heavy atom. The van der Waals surface area contributed by atoms with E-state index in [1.54, 1.807) is 0 Å². The van der Waals surface area contributed by atoms with Crippen molar-refractivity contribution < 1.29 is 33.3 Å². The Kier molecular flexibility index (Phi) is 5.53. The highest BCUT2D eigenvalue weighted by Gasteiger charge is 2.48. The first kappa shape index (κ1) is 18.0. The van der Waals surface area contributed by atoms with Crippen molar-refractivity contribution in [3.8, 4) is 0 Å². The van der Waals surface area contributed by atoms with E-state index < -0.39 is 49.9 Å². The van der Waals surface area contributed by atoms with Crippen LogP contribution in [0, 0.1) is 0 Å². The molecule has 2 rings (SSSR count). The zero-order valence-corrected chi connectivity index (χ0v) is 13.2. The van der Waals surface area contributed by atoms with E-state index in [1.165, 1.54) is 20.4 Å². The SMILES string of the molecule is COC1C(OC)[C@H](n2ccc(=O)[nH]c2=O)O[C@@H]1OCP(=O)(O)O. The number of aromatic amines is 1. The highest BCUT2D eigenvalue weighted by Crippen LogP contribution is 2.38. The quantitative estimate of drug-likeness (QED) is 0.524. The van der Waals surface area contributed by atoms with Crippen molar-refractivity contribution in [2.45, 2.75) is 24.7 Å². The number of hydrogen-bond donors (Lipinski definition) is 3. The van der Waals surface area contributed by atoms with Crippen LogP contribution in [0.3, 0.4) is 0 Å². The van der Waals surface area contributed by atoms with Gasteiger partial charge in [-0.25, -0.2) is 4.79 Å². The van der Waals surface area contributed by atoms with Crippen molar-refractivity contribution in [1.29, 1.82) is 0 Å². The summed E-state index contributed by atoms with van der Waals surface area (Å²) in [4.78, 5) is 42.8. The second kappa shape index (κ2) is 7.05. The average molecular weight is 352 g/mol. The van der Waals surface area contributed by atoms with Crippen LogP contribution in [-0.2, 0) is 23.5 Å². The van der Waals surface area contributed by atoms with Gasteiger partial charge in [0.15, 0.2) is 18.9 Å². The second-order valence-electron chi connectivity index (χ2n) is 4.77. The number of rotatable bonds is 6. The maximum absolute atomic E-state index is 11.9. The Balaban J connectivity index is 2.28. The fourth-order valence-corrected chi connectivity index (χ4v) is 2.60. The van der Waals surface area contributed by atoms with Crippen LogP contribution in [0.2, 0.25) is 0 Å². The van der Waals surface area contributed by atoms with E-state index in [2.05, 4.69) is 4.98 Å². The number of hydrogen-bond acceptors (Lipinski definition) is 7. The summed E-state index contributed by atoms with van der Waals surface area (Å²) in [5, 5.41) is 0. The molecule has 0 aliphatic carbocycles. The van der Waals surface area contributed by atoms with Crippen LogP contribution in [-0.4, -0.2) is 58.4 Å². The van der Waals surface area contributed by atoms with Crippen LogP contribution in [0.25, 0.3) is 0 Å². The molecule has 23 heavy (non-hydrogen) atoms. The van der Waals surface area contributed by atoms with Gasteiger partial charge in [0.05, 0.1) is 0 Å². The molecule has 11 nitrogen and oxygen atoms in total. The molecule has 12 heteroatoms. The maximum Gasteiger partial charge on any atom is 0.351 e. The Morgan fingerprint density at radius 1 is 1.30 bits per heavy atom. The zero-order chi connectivity index (χ0) is 17.2. The smallest absolute Gasteiger partial charge is 0.351 e. The number of H-pyrrole nitrogens is 1. The molecule has 1 fully saturated rings. The molecular weight excluding hydrogens is 335 g/mol. The van der Waals surface area contributed by atoms with Crippen LogP contribution < -0.4 is 11.2 Å². The molecular formula is C11H17N2O9P. The Hall–Kier alpha value is -1.33. The lowest BCUT2D eigenvalue weighted by Gasteiger charge is -2.21. The van der Waals surface area contributed by atoms with Gasteiger partial charge in [0.1, 0.15) is 12.2 Å². The van der Waals surface area contributed by atoms with Gasteiger partial charge in [-0.15, -0.1) is 0 Å². The maximum atomic E-state index is 11.9. The number of methoxy groups -OCH3 is 2. The van der Waals surface area contributed by atoms with Crippen molar-refractivity contribution >= 4 is 7.60 Å². The van der Waals surface area contributed by atoms with Gasteiger partial charge in [0.25, 0.3) is 5.56 Å². The molecule has 130 valence electrons. The largest absolute Gasteiger partial charge is 0.374 e. The van der Waals surface area contributed by atoms with Gasteiger partial charge in [-0.05, 0) is 0 Å². The van der Waals surface area contributed by atoms with Crippen LogP contribution in [0.15, 0.2) is 21.9 Å². The average Bonchev–Trinajstić information content (AvgIpc) is 2.81. The molecule has 1 saturated heterocycles. The molecule has 3 N–H and O–H groups in total. The predicted octanol–water partition coefficient (Wildman–Crippen LogP) is -1.43. The lowest BCUT2D eigenvalue weighted by Crippen LogP contribution is -2.39. The van der Waals surface area contributed by atoms with E-state index in [0.717, 1.165) is 10.6 Å². The molecule has 0 radical (unpaired) electrons. The van der Waals surface area contributed by atoms with Gasteiger partial charge in [-0.3, -0.25) is 18.9 Å². The molecule has 1 aromatic rings. The van der Waals surface area contributed by atoms with E-state index in [1.807, 2.05) is 0 Å². The Labute approximate surface area is 129 Å². The van der Waals surface area contributed by atoms with E-state index in [-0.39, 0.29) is 0 Å². The summed E-state index contributed by atoms with van der Waals surface area (Å²) in [6, 6.07) is 1.13. The Bertz CT molecular complexity index is 695. The van der Waals surface area contributed by atoms with Crippen LogP contribution >= 0.6 is 7.60 Å². The first-order valence-electron chi connectivity index (χ1n) is 6.45. The first-order chi connectivity index (χ1) is 10.8. The molecule has 0 bridgehead atoms. The van der Waals surface area contributed by atoms with Gasteiger partial charge in [-0.2, -0.15) is 0 Å². The summed E-state index contributed by atoms with van der Waals surface area (Å²) in [7, 11) is -1.71. The number of ether oxygens (including phenoxy) is 4. The summed E-state index contributed by atoms with van der Waals surface area (Å²) >= 11 is 0. The van der Waals surface area contributed by atoms with Gasteiger partial charge in [0.2, 0.25) is 0 Å². The summed E-state index contributed by atoms with van der Waals surface area (Å²) in [5.41, 5.74) is -1.30. The minimum Gasteiger partial charge on any atom is -0.374 e. The monoisotopic (exact) mass is 352 g/mol. The molecule has 0 saturated carbocycles. The van der Waals surface area contributed by atoms with Crippen molar-refractivity contribution in [1.82, 2.24) is 9.55 Å². The molecule has 2 heterocycles. The lowest BCUT2D eigenvalue weighted by atomic mass is 10.2. The normalized spacial score (nSPS) is 28.2. The van der Waals surface area contributed by atoms with Gasteiger partial charge in [0, 0.05) is 26.5 Å². The Morgan fingerprint density at radius 3 is 2.48 bits per heavy atom. The molecule has 1 aromatic heterocycles. The molecule has 0 amide bonds. The highest BCUT2D eigenvalue weighted by atomic mass is 31.2. The molecule has 4 atom stereocenters. The summed E-state index contributed by atoms with van der Waals surface area (Å²) in [6.07, 6.45) is -3.46. The highest BCUT2D eigenvalue weighted by molar-refractivity contribution is 7.51. The standard InChI is InChI=1S/C11H17N2O9P/c1-19-7-8(20-2)10(21-5-23(16,17)18)22-9(7)13-4-3-6(14)12-11(13)15/h3-4,7-10H,5H2,1-2H3,(H,12,14,15)(H2,16,17,18)/t7?,8?,9-,10+/m1/s1. The number of nitrogens with zero attached hydrogens (tertiary/aromatic N) is 1. The van der Waals surface area contributed by atoms with E-state index in [9.17, 15) is 14.2 Å². The molecule has 1 aliphatic heterocycles. The molecule has 1 aliphatic rings. The van der Waals surface area contributed by atoms with Crippen LogP contribution in [0.1, 0.15) is 6.23 Å². The van der Waals surface area contributed by atoms with Crippen molar-refractivity contribution in [3.05, 3.63) is 33.1 Å². The zero-order valence-electron chi connectivity index (χ0n) is 12.3. The summed E-state index contributed by atoms with van der Waals surface area (Å²) in [5.74, 6) is 0. The van der Waals surface area contributed by atoms with Gasteiger partial charge in [-0.1, -0.05) is 0 Å². The second-order valence-corrected chi connectivity index (χ2v) is 6.36. The summed E-state index contributed by atoms with van der Waals surface area (Å²) in [6.45, 7) is 0. The third kappa shape index (κ3) is 4.15. The third-order valence-electron chi connectivity index (χ3n) is 3.22. The fourth-order valence-electron chi connectivity index (χ4n) is 2.26. The number of nitrogens with one attached hydrogen (secondary N) is 1. The molecule has 2 unspecified atom stereocenters.